The summed E-state index contributed by atoms with van der Waals surface area (Å²) in [6, 6.07) is 0. The second-order valence-electron chi connectivity index (χ2n) is 3.83. The van der Waals surface area contributed by atoms with Crippen molar-refractivity contribution in [1.29, 1.82) is 0 Å². The van der Waals surface area contributed by atoms with E-state index in [1.807, 2.05) is 25.8 Å². The van der Waals surface area contributed by atoms with Crippen LogP contribution in [-0.2, 0) is 7.05 Å². The number of nitrogens with zero attached hydrogens (tertiary/aromatic N) is 7. The molecule has 10 heteroatoms. The van der Waals surface area contributed by atoms with E-state index in [9.17, 15) is 0 Å². The number of hydrogen-bond acceptors (Lipinski definition) is 9. The Morgan fingerprint density at radius 3 is 2.60 bits per heavy atom. The summed E-state index contributed by atoms with van der Waals surface area (Å²) in [4.78, 5) is 19.0. The van der Waals surface area contributed by atoms with Gasteiger partial charge in [0.1, 0.15) is 6.33 Å². The van der Waals surface area contributed by atoms with Gasteiger partial charge in [0.2, 0.25) is 17.1 Å². The summed E-state index contributed by atoms with van der Waals surface area (Å²) in [5.74, 6) is 6.32. The lowest BCUT2D eigenvalue weighted by Crippen LogP contribution is -2.25. The van der Waals surface area contributed by atoms with Crippen molar-refractivity contribution in [3.8, 4) is 0 Å². The molecule has 2 aromatic heterocycles. The van der Waals surface area contributed by atoms with Gasteiger partial charge < -0.3 is 4.90 Å². The predicted molar refractivity (Wildman–Crippen MR) is 76.3 cm³/mol. The van der Waals surface area contributed by atoms with E-state index in [0.717, 1.165) is 13.1 Å². The fourth-order valence-corrected chi connectivity index (χ4v) is 2.27. The first-order valence-corrected chi connectivity index (χ1v) is 6.99. The highest BCUT2D eigenvalue weighted by Gasteiger charge is 2.13. The Morgan fingerprint density at radius 2 is 2.05 bits per heavy atom. The van der Waals surface area contributed by atoms with Crippen LogP contribution in [0.1, 0.15) is 13.8 Å². The number of hydrazine groups is 1. The third-order valence-corrected chi connectivity index (χ3v) is 3.55. The van der Waals surface area contributed by atoms with Gasteiger partial charge >= 0.3 is 0 Å². The Kier molecular flexibility index (Phi) is 4.69. The molecular formula is C10H17N9S. The van der Waals surface area contributed by atoms with Crippen LogP contribution in [0, 0.1) is 0 Å². The molecule has 108 valence electrons. The molecule has 0 aliphatic heterocycles. The van der Waals surface area contributed by atoms with E-state index in [-0.39, 0.29) is 0 Å². The van der Waals surface area contributed by atoms with E-state index in [1.165, 1.54) is 18.1 Å². The maximum Gasteiger partial charge on any atom is 0.242 e. The summed E-state index contributed by atoms with van der Waals surface area (Å²) in [6.45, 7) is 5.69. The summed E-state index contributed by atoms with van der Waals surface area (Å²) >= 11 is 1.31. The molecule has 0 atom stereocenters. The molecule has 0 amide bonds. The first-order chi connectivity index (χ1) is 9.67. The molecule has 0 bridgehead atoms. The number of aromatic nitrogens is 6. The first kappa shape index (κ1) is 14.5. The van der Waals surface area contributed by atoms with Gasteiger partial charge in [-0.15, -0.1) is 0 Å². The van der Waals surface area contributed by atoms with Crippen LogP contribution >= 0.6 is 11.8 Å². The molecule has 0 saturated carbocycles. The SMILES string of the molecule is CCN(CC)c1nc(NN)nc(Sc2ncnn2C)n1. The Bertz CT molecular complexity index is 566. The van der Waals surface area contributed by atoms with E-state index in [2.05, 4.69) is 30.5 Å². The molecule has 0 aliphatic rings. The lowest BCUT2D eigenvalue weighted by atomic mass is 10.5. The van der Waals surface area contributed by atoms with E-state index < -0.39 is 0 Å². The van der Waals surface area contributed by atoms with Crippen LogP contribution in [0.5, 0.6) is 0 Å². The van der Waals surface area contributed by atoms with Gasteiger partial charge in [0.25, 0.3) is 0 Å². The Morgan fingerprint density at radius 1 is 1.30 bits per heavy atom. The molecule has 0 unspecified atom stereocenters. The van der Waals surface area contributed by atoms with E-state index >= 15 is 0 Å². The average Bonchev–Trinajstić information content (AvgIpc) is 2.85. The highest BCUT2D eigenvalue weighted by atomic mass is 32.2. The van der Waals surface area contributed by atoms with Crippen molar-refractivity contribution < 1.29 is 0 Å². The van der Waals surface area contributed by atoms with Crippen molar-refractivity contribution in [2.24, 2.45) is 12.9 Å². The summed E-state index contributed by atoms with van der Waals surface area (Å²) in [5, 5.41) is 5.23. The van der Waals surface area contributed by atoms with Crippen LogP contribution < -0.4 is 16.2 Å². The average molecular weight is 295 g/mol. The largest absolute Gasteiger partial charge is 0.341 e. The summed E-state index contributed by atoms with van der Waals surface area (Å²) < 4.78 is 1.65. The highest BCUT2D eigenvalue weighted by molar-refractivity contribution is 7.99. The third kappa shape index (κ3) is 3.14. The third-order valence-electron chi connectivity index (χ3n) is 2.63. The zero-order chi connectivity index (χ0) is 14.5. The van der Waals surface area contributed by atoms with E-state index in [0.29, 0.717) is 22.2 Å². The fraction of sp³-hybridized carbons (Fsp3) is 0.500. The monoisotopic (exact) mass is 295 g/mol. The van der Waals surface area contributed by atoms with Crippen molar-refractivity contribution in [3.05, 3.63) is 6.33 Å². The maximum absolute atomic E-state index is 5.41. The van der Waals surface area contributed by atoms with Crippen molar-refractivity contribution in [2.45, 2.75) is 24.2 Å². The molecule has 2 heterocycles. The molecule has 2 rings (SSSR count). The van der Waals surface area contributed by atoms with Crippen LogP contribution in [0.4, 0.5) is 11.9 Å². The number of nitrogens with one attached hydrogen (secondary N) is 1. The lowest BCUT2D eigenvalue weighted by Gasteiger charge is -2.19. The number of aryl methyl sites for hydroxylation is 1. The molecule has 0 radical (unpaired) electrons. The van der Waals surface area contributed by atoms with Crippen LogP contribution in [0.2, 0.25) is 0 Å². The van der Waals surface area contributed by atoms with Gasteiger partial charge in [0.05, 0.1) is 0 Å². The van der Waals surface area contributed by atoms with Crippen molar-refractivity contribution >= 4 is 23.7 Å². The topological polar surface area (TPSA) is 111 Å². The Labute approximate surface area is 121 Å². The number of nitrogens with two attached hydrogens (primary N) is 1. The van der Waals surface area contributed by atoms with Gasteiger partial charge in [0, 0.05) is 20.1 Å². The summed E-state index contributed by atoms with van der Waals surface area (Å²) in [7, 11) is 1.81. The molecule has 2 aromatic rings. The van der Waals surface area contributed by atoms with E-state index in [4.69, 9.17) is 5.84 Å². The molecule has 20 heavy (non-hydrogen) atoms. The van der Waals surface area contributed by atoms with Gasteiger partial charge in [0.15, 0.2) is 5.16 Å². The predicted octanol–water partition coefficient (Wildman–Crippen LogP) is 0.283. The summed E-state index contributed by atoms with van der Waals surface area (Å²) in [5.41, 5.74) is 2.46. The van der Waals surface area contributed by atoms with Gasteiger partial charge in [-0.1, -0.05) is 0 Å². The zero-order valence-electron chi connectivity index (χ0n) is 11.6. The number of nitrogen functional groups attached to an aromatic ring is 1. The molecule has 0 aliphatic carbocycles. The maximum atomic E-state index is 5.41. The smallest absolute Gasteiger partial charge is 0.242 e. The molecule has 0 fully saturated rings. The minimum atomic E-state index is 0.326. The van der Waals surface area contributed by atoms with Crippen LogP contribution in [-0.4, -0.2) is 42.8 Å². The fourth-order valence-electron chi connectivity index (χ4n) is 1.56. The van der Waals surface area contributed by atoms with Gasteiger partial charge in [-0.25, -0.2) is 15.5 Å². The van der Waals surface area contributed by atoms with Crippen LogP contribution in [0.25, 0.3) is 0 Å². The highest BCUT2D eigenvalue weighted by Crippen LogP contribution is 2.24. The van der Waals surface area contributed by atoms with Crippen LogP contribution in [0.15, 0.2) is 16.6 Å². The van der Waals surface area contributed by atoms with Gasteiger partial charge in [-0.05, 0) is 25.6 Å². The van der Waals surface area contributed by atoms with Crippen molar-refractivity contribution in [2.75, 3.05) is 23.4 Å². The minimum absolute atomic E-state index is 0.326. The van der Waals surface area contributed by atoms with Crippen LogP contribution in [0.3, 0.4) is 0 Å². The molecule has 0 spiro atoms. The first-order valence-electron chi connectivity index (χ1n) is 6.17. The number of rotatable bonds is 6. The normalized spacial score (nSPS) is 10.6. The standard InChI is InChI=1S/C10H17N9S/c1-4-19(5-2)8-14-7(17-11)15-9(16-8)20-10-12-6-13-18(10)3/h6H,4-5,11H2,1-3H3,(H,14,15,16,17). The van der Waals surface area contributed by atoms with Crippen molar-refractivity contribution in [3.63, 3.8) is 0 Å². The van der Waals surface area contributed by atoms with E-state index in [1.54, 1.807) is 4.68 Å². The Balaban J connectivity index is 2.32. The number of anilines is 2. The summed E-state index contributed by atoms with van der Waals surface area (Å²) in [6.07, 6.45) is 1.48. The lowest BCUT2D eigenvalue weighted by molar-refractivity contribution is 0.682. The van der Waals surface area contributed by atoms with Gasteiger partial charge in [-0.2, -0.15) is 20.1 Å². The zero-order valence-corrected chi connectivity index (χ0v) is 12.4. The quantitative estimate of drug-likeness (QED) is 0.573. The Hall–Kier alpha value is -1.94. The number of hydrogen-bond donors (Lipinski definition) is 2. The second kappa shape index (κ2) is 6.48. The molecule has 3 N–H and O–H groups in total. The molecule has 9 nitrogen and oxygen atoms in total. The molecular weight excluding hydrogens is 278 g/mol. The van der Waals surface area contributed by atoms with Gasteiger partial charge in [-0.3, -0.25) is 5.43 Å². The molecule has 0 aromatic carbocycles. The molecule has 0 saturated heterocycles. The van der Waals surface area contributed by atoms with Crippen molar-refractivity contribution in [1.82, 2.24) is 29.7 Å². The minimum Gasteiger partial charge on any atom is -0.341 e. The second-order valence-corrected chi connectivity index (χ2v) is 4.76.